The molecule has 5 heteroatoms. The molecule has 0 saturated heterocycles. The van der Waals surface area contributed by atoms with E-state index in [0.29, 0.717) is 13.2 Å². The lowest BCUT2D eigenvalue weighted by atomic mass is 10.6. The van der Waals surface area contributed by atoms with Crippen molar-refractivity contribution >= 4 is 0 Å². The summed E-state index contributed by atoms with van der Waals surface area (Å²) in [5, 5.41) is 0. The molecule has 0 aliphatic rings. The first-order valence-electron chi connectivity index (χ1n) is 3.99. The van der Waals surface area contributed by atoms with E-state index in [0.717, 1.165) is 0 Å². The highest BCUT2D eigenvalue weighted by atomic mass is 16.8. The van der Waals surface area contributed by atoms with Gasteiger partial charge in [-0.05, 0) is 0 Å². The zero-order valence-electron chi connectivity index (χ0n) is 8.61. The minimum Gasteiger partial charge on any atom is -0.382 e. The molecule has 0 aromatic carbocycles. The van der Waals surface area contributed by atoms with Crippen molar-refractivity contribution in [2.45, 2.75) is 27.4 Å². The highest BCUT2D eigenvalue weighted by molar-refractivity contribution is 4.48. The molecule has 0 aliphatic carbocycles. The van der Waals surface area contributed by atoms with Crippen molar-refractivity contribution < 1.29 is 23.7 Å². The minimum atomic E-state index is -0.523. The van der Waals surface area contributed by atoms with Crippen molar-refractivity contribution in [3.63, 3.8) is 0 Å². The van der Waals surface area contributed by atoms with Gasteiger partial charge in [-0.1, -0.05) is 14.9 Å². The van der Waals surface area contributed by atoms with E-state index in [2.05, 4.69) is 0 Å². The van der Waals surface area contributed by atoms with E-state index in [-0.39, 0.29) is 14.9 Å². The molecule has 0 aromatic rings. The summed E-state index contributed by atoms with van der Waals surface area (Å²) in [6.07, 6.45) is -1.04. The van der Waals surface area contributed by atoms with Crippen LogP contribution in [0.3, 0.4) is 0 Å². The third-order valence-corrected chi connectivity index (χ3v) is 1.49. The number of methoxy groups -OCH3 is 4. The number of hydrogen-bond donors (Lipinski definition) is 0. The lowest BCUT2D eigenvalue weighted by Gasteiger charge is -2.23. The van der Waals surface area contributed by atoms with Gasteiger partial charge in [0.2, 0.25) is 12.6 Å². The molecule has 0 rings (SSSR count). The van der Waals surface area contributed by atoms with Gasteiger partial charge in [0.1, 0.15) is 0 Å². The fourth-order valence-electron chi connectivity index (χ4n) is 0.824. The monoisotopic (exact) mass is 226 g/mol. The summed E-state index contributed by atoms with van der Waals surface area (Å²) in [6, 6.07) is 0. The fourth-order valence-corrected chi connectivity index (χ4v) is 0.824. The molecule has 0 aromatic heterocycles. The Bertz CT molecular complexity index is 106. The maximum atomic E-state index is 5.28. The molecule has 96 valence electrons. The first-order chi connectivity index (χ1) is 6.29. The molecule has 0 bridgehead atoms. The van der Waals surface area contributed by atoms with Crippen molar-refractivity contribution in [1.29, 1.82) is 0 Å². The van der Waals surface area contributed by atoms with Crippen molar-refractivity contribution in [2.24, 2.45) is 0 Å². The second-order valence-electron chi connectivity index (χ2n) is 2.31. The molecular weight excluding hydrogens is 200 g/mol. The van der Waals surface area contributed by atoms with Gasteiger partial charge < -0.3 is 23.7 Å². The Kier molecular flexibility index (Phi) is 18.6. The normalized spacial score (nSPS) is 11.8. The third kappa shape index (κ3) is 8.77. The summed E-state index contributed by atoms with van der Waals surface area (Å²) in [7, 11) is 6.19. The van der Waals surface area contributed by atoms with Crippen molar-refractivity contribution in [2.75, 3.05) is 41.7 Å². The fraction of sp³-hybridized carbons (Fsp3) is 1.00. The van der Waals surface area contributed by atoms with Crippen molar-refractivity contribution in [3.8, 4) is 0 Å². The largest absolute Gasteiger partial charge is 0.382 e. The molecule has 0 fully saturated rings. The molecule has 15 heavy (non-hydrogen) atoms. The van der Waals surface area contributed by atoms with E-state index in [1.54, 1.807) is 7.11 Å². The van der Waals surface area contributed by atoms with Crippen LogP contribution >= 0.6 is 0 Å². The van der Waals surface area contributed by atoms with E-state index in [1.165, 1.54) is 21.3 Å². The predicted octanol–water partition coefficient (Wildman–Crippen LogP) is 1.51. The molecule has 0 N–H and O–H groups in total. The predicted molar refractivity (Wildman–Crippen MR) is 59.9 cm³/mol. The van der Waals surface area contributed by atoms with E-state index in [1.807, 2.05) is 0 Å². The molecule has 0 heterocycles. The Morgan fingerprint density at radius 1 is 0.733 bits per heavy atom. The lowest BCUT2D eigenvalue weighted by molar-refractivity contribution is -0.264. The van der Waals surface area contributed by atoms with E-state index in [4.69, 9.17) is 23.7 Å². The van der Waals surface area contributed by atoms with Crippen LogP contribution in [0.5, 0.6) is 0 Å². The molecular formula is C10H26O5. The third-order valence-electron chi connectivity index (χ3n) is 1.49. The highest BCUT2D eigenvalue weighted by Gasteiger charge is 2.20. The van der Waals surface area contributed by atoms with Crippen LogP contribution in [0.25, 0.3) is 0 Å². The maximum absolute atomic E-state index is 5.28. The van der Waals surface area contributed by atoms with E-state index < -0.39 is 12.6 Å². The van der Waals surface area contributed by atoms with Gasteiger partial charge in [0.15, 0.2) is 0 Å². The zero-order chi connectivity index (χ0) is 10.1. The van der Waals surface area contributed by atoms with Gasteiger partial charge in [0.05, 0.1) is 13.2 Å². The van der Waals surface area contributed by atoms with Crippen molar-refractivity contribution in [3.05, 3.63) is 0 Å². The maximum Gasteiger partial charge on any atom is 0.209 e. The Morgan fingerprint density at radius 2 is 1.20 bits per heavy atom. The van der Waals surface area contributed by atoms with Crippen LogP contribution in [0.4, 0.5) is 0 Å². The van der Waals surface area contributed by atoms with E-state index in [9.17, 15) is 0 Å². The smallest absolute Gasteiger partial charge is 0.209 e. The SMILES string of the molecule is C.C.COCCOC(OC)C(OC)OC. The second kappa shape index (κ2) is 13.8. The van der Waals surface area contributed by atoms with Gasteiger partial charge in [-0.3, -0.25) is 0 Å². The van der Waals surface area contributed by atoms with Crippen LogP contribution in [0.1, 0.15) is 14.9 Å². The molecule has 0 radical (unpaired) electrons. The molecule has 1 unspecified atom stereocenters. The van der Waals surface area contributed by atoms with Crippen molar-refractivity contribution in [1.82, 2.24) is 0 Å². The van der Waals surface area contributed by atoms with Crippen LogP contribution in [0, 0.1) is 0 Å². The van der Waals surface area contributed by atoms with Crippen LogP contribution in [-0.2, 0) is 23.7 Å². The Labute approximate surface area is 93.6 Å². The summed E-state index contributed by atoms with van der Waals surface area (Å²) in [6.45, 7) is 0.957. The first-order valence-corrected chi connectivity index (χ1v) is 3.99. The van der Waals surface area contributed by atoms with Crippen LogP contribution in [0.15, 0.2) is 0 Å². The molecule has 0 amide bonds. The Morgan fingerprint density at radius 3 is 1.53 bits per heavy atom. The van der Waals surface area contributed by atoms with Crippen LogP contribution in [0.2, 0.25) is 0 Å². The van der Waals surface area contributed by atoms with Gasteiger partial charge >= 0.3 is 0 Å². The average Bonchev–Trinajstić information content (AvgIpc) is 2.17. The first kappa shape index (κ1) is 20.2. The molecule has 0 aliphatic heterocycles. The molecule has 0 saturated carbocycles. The van der Waals surface area contributed by atoms with Gasteiger partial charge in [0, 0.05) is 28.4 Å². The summed E-state index contributed by atoms with van der Waals surface area (Å²) >= 11 is 0. The Hall–Kier alpha value is -0.200. The van der Waals surface area contributed by atoms with Gasteiger partial charge in [-0.25, -0.2) is 0 Å². The zero-order valence-corrected chi connectivity index (χ0v) is 8.61. The highest BCUT2D eigenvalue weighted by Crippen LogP contribution is 2.04. The summed E-state index contributed by atoms with van der Waals surface area (Å²) < 4.78 is 25.1. The summed E-state index contributed by atoms with van der Waals surface area (Å²) in [5.41, 5.74) is 0. The standard InChI is InChI=1S/C8H18O5.2CH4/c1-9-5-6-13-8(12-4)7(10-2)11-3;;/h7-8H,5-6H2,1-4H3;2*1H4. The van der Waals surface area contributed by atoms with E-state index >= 15 is 0 Å². The van der Waals surface area contributed by atoms with Gasteiger partial charge in [-0.15, -0.1) is 0 Å². The lowest BCUT2D eigenvalue weighted by Crippen LogP contribution is -2.34. The summed E-state index contributed by atoms with van der Waals surface area (Å²) in [4.78, 5) is 0. The average molecular weight is 226 g/mol. The van der Waals surface area contributed by atoms with Crippen LogP contribution < -0.4 is 0 Å². The van der Waals surface area contributed by atoms with Crippen LogP contribution in [-0.4, -0.2) is 54.2 Å². The Balaban J connectivity index is -0.000000720. The van der Waals surface area contributed by atoms with Gasteiger partial charge in [0.25, 0.3) is 0 Å². The number of hydrogen-bond acceptors (Lipinski definition) is 5. The van der Waals surface area contributed by atoms with Gasteiger partial charge in [-0.2, -0.15) is 0 Å². The molecule has 5 nitrogen and oxygen atoms in total. The quantitative estimate of drug-likeness (QED) is 0.464. The minimum absolute atomic E-state index is 0. The summed E-state index contributed by atoms with van der Waals surface area (Å²) in [5.74, 6) is 0. The number of ether oxygens (including phenoxy) is 5. The molecule has 1 atom stereocenters. The molecule has 0 spiro atoms. The number of rotatable bonds is 8. The topological polar surface area (TPSA) is 46.2 Å². The second-order valence-corrected chi connectivity index (χ2v) is 2.31.